The second kappa shape index (κ2) is 9.78. The smallest absolute Gasteiger partial charge is 0.224 e. The lowest BCUT2D eigenvalue weighted by molar-refractivity contribution is -0.120. The maximum absolute atomic E-state index is 12.3. The first kappa shape index (κ1) is 20.5. The van der Waals surface area contributed by atoms with Gasteiger partial charge in [0.05, 0.1) is 26.2 Å². The molecule has 3 rings (SSSR count). The van der Waals surface area contributed by atoms with Crippen molar-refractivity contribution in [1.82, 2.24) is 10.3 Å². The zero-order valence-corrected chi connectivity index (χ0v) is 16.9. The lowest BCUT2D eigenvalue weighted by Gasteiger charge is -2.33. The van der Waals surface area contributed by atoms with Crippen LogP contribution in [0.1, 0.15) is 24.0 Å². The van der Waals surface area contributed by atoms with Crippen molar-refractivity contribution in [1.29, 1.82) is 5.26 Å². The second-order valence-corrected chi connectivity index (χ2v) is 7.09. The second-order valence-electron chi connectivity index (χ2n) is 7.09. The van der Waals surface area contributed by atoms with Gasteiger partial charge in [-0.05, 0) is 48.6 Å². The highest BCUT2D eigenvalue weighted by atomic mass is 16.5. The molecule has 1 aromatic carbocycles. The molecule has 0 spiro atoms. The Labute approximate surface area is 171 Å². The molecule has 29 heavy (non-hydrogen) atoms. The van der Waals surface area contributed by atoms with Crippen LogP contribution in [0.4, 0.5) is 5.82 Å². The van der Waals surface area contributed by atoms with Crippen molar-refractivity contribution in [2.24, 2.45) is 5.92 Å². The van der Waals surface area contributed by atoms with Crippen LogP contribution in [0.2, 0.25) is 0 Å². The highest BCUT2D eigenvalue weighted by Gasteiger charge is 2.22. The zero-order valence-electron chi connectivity index (χ0n) is 16.9. The summed E-state index contributed by atoms with van der Waals surface area (Å²) in [4.78, 5) is 18.9. The average molecular weight is 394 g/mol. The minimum atomic E-state index is -0.00357. The Morgan fingerprint density at radius 3 is 2.69 bits per heavy atom. The van der Waals surface area contributed by atoms with Crippen LogP contribution in [-0.4, -0.2) is 44.7 Å². The molecule has 1 amide bonds. The molecule has 0 unspecified atom stereocenters. The van der Waals surface area contributed by atoms with Crippen LogP contribution in [0.25, 0.3) is 0 Å². The first-order chi connectivity index (χ1) is 14.1. The fraction of sp³-hybridized carbons (Fsp3) is 0.409. The predicted octanol–water partition coefficient (Wildman–Crippen LogP) is 2.55. The highest BCUT2D eigenvalue weighted by molar-refractivity contribution is 5.78. The van der Waals surface area contributed by atoms with E-state index in [2.05, 4.69) is 21.3 Å². The molecule has 1 aliphatic rings. The molecule has 2 aromatic rings. The molecular weight excluding hydrogens is 368 g/mol. The van der Waals surface area contributed by atoms with E-state index in [1.54, 1.807) is 32.5 Å². The molecule has 7 heteroatoms. The number of anilines is 1. The van der Waals surface area contributed by atoms with E-state index in [1.165, 1.54) is 0 Å². The van der Waals surface area contributed by atoms with Gasteiger partial charge in [-0.25, -0.2) is 4.98 Å². The van der Waals surface area contributed by atoms with Crippen molar-refractivity contribution in [3.8, 4) is 17.6 Å². The van der Waals surface area contributed by atoms with Gasteiger partial charge in [-0.3, -0.25) is 4.79 Å². The largest absolute Gasteiger partial charge is 0.493 e. The van der Waals surface area contributed by atoms with E-state index in [0.717, 1.165) is 37.3 Å². The minimum absolute atomic E-state index is 0.00357. The van der Waals surface area contributed by atoms with Crippen LogP contribution < -0.4 is 19.7 Å². The number of nitriles is 1. The Morgan fingerprint density at radius 2 is 2.00 bits per heavy atom. The predicted molar refractivity (Wildman–Crippen MR) is 110 cm³/mol. The summed E-state index contributed by atoms with van der Waals surface area (Å²) in [6.07, 6.45) is 3.94. The summed E-state index contributed by atoms with van der Waals surface area (Å²) in [5.74, 6) is 2.45. The van der Waals surface area contributed by atoms with Gasteiger partial charge >= 0.3 is 0 Å². The monoisotopic (exact) mass is 394 g/mol. The van der Waals surface area contributed by atoms with Gasteiger partial charge in [0.25, 0.3) is 0 Å². The molecule has 1 saturated heterocycles. The van der Waals surface area contributed by atoms with Crippen molar-refractivity contribution in [3.05, 3.63) is 47.7 Å². The molecule has 0 radical (unpaired) electrons. The number of carbonyl (C=O) groups is 1. The van der Waals surface area contributed by atoms with Gasteiger partial charge in [-0.15, -0.1) is 0 Å². The highest BCUT2D eigenvalue weighted by Crippen LogP contribution is 2.28. The quantitative estimate of drug-likeness (QED) is 0.777. The van der Waals surface area contributed by atoms with Crippen LogP contribution in [0.5, 0.6) is 11.5 Å². The Bertz CT molecular complexity index is 886. The number of ether oxygens (including phenoxy) is 2. The summed E-state index contributed by atoms with van der Waals surface area (Å²) in [6, 6.07) is 11.3. The van der Waals surface area contributed by atoms with E-state index >= 15 is 0 Å². The number of pyridine rings is 1. The van der Waals surface area contributed by atoms with Gasteiger partial charge in [-0.2, -0.15) is 5.26 Å². The van der Waals surface area contributed by atoms with Gasteiger partial charge in [-0.1, -0.05) is 6.07 Å². The summed E-state index contributed by atoms with van der Waals surface area (Å²) in [5.41, 5.74) is 1.49. The van der Waals surface area contributed by atoms with E-state index in [-0.39, 0.29) is 5.91 Å². The summed E-state index contributed by atoms with van der Waals surface area (Å²) in [6.45, 7) is 2.33. The third-order valence-electron chi connectivity index (χ3n) is 5.22. The lowest BCUT2D eigenvalue weighted by Crippen LogP contribution is -2.39. The van der Waals surface area contributed by atoms with Gasteiger partial charge in [0, 0.05) is 25.8 Å². The Morgan fingerprint density at radius 1 is 1.24 bits per heavy atom. The molecule has 2 heterocycles. The number of nitrogens with one attached hydrogen (secondary N) is 1. The van der Waals surface area contributed by atoms with E-state index < -0.39 is 0 Å². The van der Waals surface area contributed by atoms with E-state index in [9.17, 15) is 10.1 Å². The van der Waals surface area contributed by atoms with Crippen molar-refractivity contribution < 1.29 is 14.3 Å². The maximum Gasteiger partial charge on any atom is 0.224 e. The summed E-state index contributed by atoms with van der Waals surface area (Å²) >= 11 is 0. The van der Waals surface area contributed by atoms with E-state index in [0.29, 0.717) is 35.9 Å². The number of hydrogen-bond donors (Lipinski definition) is 1. The third kappa shape index (κ3) is 5.17. The number of benzene rings is 1. The number of carbonyl (C=O) groups excluding carboxylic acids is 1. The zero-order chi connectivity index (χ0) is 20.6. The number of hydrogen-bond acceptors (Lipinski definition) is 6. The Kier molecular flexibility index (Phi) is 6.90. The van der Waals surface area contributed by atoms with Crippen molar-refractivity contribution in [2.45, 2.75) is 19.3 Å². The maximum atomic E-state index is 12.3. The van der Waals surface area contributed by atoms with Crippen LogP contribution in [0.3, 0.4) is 0 Å². The van der Waals surface area contributed by atoms with Gasteiger partial charge < -0.3 is 19.7 Å². The first-order valence-electron chi connectivity index (χ1n) is 9.72. The molecule has 1 aromatic heterocycles. The molecule has 0 aliphatic carbocycles. The topological polar surface area (TPSA) is 87.5 Å². The number of nitrogens with zero attached hydrogens (tertiary/aromatic N) is 3. The fourth-order valence-corrected chi connectivity index (χ4v) is 3.58. The molecule has 0 bridgehead atoms. The minimum Gasteiger partial charge on any atom is -0.493 e. The SMILES string of the molecule is COc1ccc(CC(=O)NCC2CCN(c3ncccc3C#N)CC2)cc1OC. The standard InChI is InChI=1S/C22H26N4O3/c1-28-19-6-5-17(12-20(19)29-2)13-21(27)25-15-16-7-10-26(11-8-16)22-18(14-23)4-3-9-24-22/h3-6,9,12,16H,7-8,10-11,13,15H2,1-2H3,(H,25,27). The summed E-state index contributed by atoms with van der Waals surface area (Å²) < 4.78 is 10.5. The number of aromatic nitrogens is 1. The van der Waals surface area contributed by atoms with Crippen molar-refractivity contribution in [3.63, 3.8) is 0 Å². The van der Waals surface area contributed by atoms with Crippen molar-refractivity contribution in [2.75, 3.05) is 38.8 Å². The molecule has 0 saturated carbocycles. The molecule has 7 nitrogen and oxygen atoms in total. The molecule has 1 fully saturated rings. The average Bonchev–Trinajstić information content (AvgIpc) is 2.78. The van der Waals surface area contributed by atoms with Crippen LogP contribution in [-0.2, 0) is 11.2 Å². The Balaban J connectivity index is 1.47. The van der Waals surface area contributed by atoms with Crippen LogP contribution >= 0.6 is 0 Å². The molecule has 1 N–H and O–H groups in total. The molecule has 1 aliphatic heterocycles. The Hall–Kier alpha value is -3.27. The molecule has 152 valence electrons. The van der Waals surface area contributed by atoms with Gasteiger partial charge in [0.2, 0.25) is 5.91 Å². The first-order valence-corrected chi connectivity index (χ1v) is 9.72. The van der Waals surface area contributed by atoms with E-state index in [4.69, 9.17) is 9.47 Å². The lowest BCUT2D eigenvalue weighted by atomic mass is 9.96. The number of rotatable bonds is 7. The van der Waals surface area contributed by atoms with Crippen LogP contribution in [0, 0.1) is 17.2 Å². The van der Waals surface area contributed by atoms with Gasteiger partial charge in [0.15, 0.2) is 11.5 Å². The molecule has 0 atom stereocenters. The summed E-state index contributed by atoms with van der Waals surface area (Å²) in [5, 5.41) is 12.3. The number of amides is 1. The third-order valence-corrected chi connectivity index (χ3v) is 5.22. The normalized spacial score (nSPS) is 14.2. The van der Waals surface area contributed by atoms with Gasteiger partial charge in [0.1, 0.15) is 11.9 Å². The fourth-order valence-electron chi connectivity index (χ4n) is 3.58. The number of methoxy groups -OCH3 is 2. The van der Waals surface area contributed by atoms with E-state index in [1.807, 2.05) is 18.2 Å². The van der Waals surface area contributed by atoms with Crippen LogP contribution in [0.15, 0.2) is 36.5 Å². The number of piperidine rings is 1. The van der Waals surface area contributed by atoms with Crippen molar-refractivity contribution >= 4 is 11.7 Å². The summed E-state index contributed by atoms with van der Waals surface area (Å²) in [7, 11) is 3.17. The molecular formula is C22H26N4O3.